The number of hydrogen-bond acceptors (Lipinski definition) is 3. The van der Waals surface area contributed by atoms with Gasteiger partial charge in [0.2, 0.25) is 0 Å². The van der Waals surface area contributed by atoms with Crippen molar-refractivity contribution in [2.75, 3.05) is 0 Å². The fourth-order valence-corrected chi connectivity index (χ4v) is 8.65. The van der Waals surface area contributed by atoms with E-state index in [1.165, 1.54) is 53.5 Å². The minimum absolute atomic E-state index is 0.0867. The molecule has 3 aromatic carbocycles. The van der Waals surface area contributed by atoms with Crippen molar-refractivity contribution in [3.63, 3.8) is 0 Å². The molecule has 3 N–H and O–H groups in total. The Balaban J connectivity index is 1.28. The maximum Gasteiger partial charge on any atom is 0.0153 e. The highest BCUT2D eigenvalue weighted by Crippen LogP contribution is 2.53. The summed E-state index contributed by atoms with van der Waals surface area (Å²) in [6.45, 7) is 20.7. The van der Waals surface area contributed by atoms with Crippen molar-refractivity contribution in [1.82, 2.24) is 16.0 Å². The molecular formula is C42H59N3. The first-order valence-corrected chi connectivity index (χ1v) is 17.7. The first-order valence-electron chi connectivity index (χ1n) is 17.7. The SMILES string of the molecule is CC(C)(C)N[C@@H]1CCC1c1cccc(C2C[C@@H](NC(C)(C)C)[C@H]2c2cccc(C3C[C@@H](NC(C)(C)C)[C@@H]3c3ccccc3)c2)c1. The van der Waals surface area contributed by atoms with Gasteiger partial charge in [-0.1, -0.05) is 78.9 Å². The highest BCUT2D eigenvalue weighted by atomic mass is 15.0. The van der Waals surface area contributed by atoms with E-state index in [9.17, 15) is 0 Å². The lowest BCUT2D eigenvalue weighted by atomic mass is 9.60. The second kappa shape index (κ2) is 12.3. The third kappa shape index (κ3) is 7.42. The van der Waals surface area contributed by atoms with Crippen LogP contribution in [0.15, 0.2) is 78.9 Å². The molecule has 3 saturated carbocycles. The maximum atomic E-state index is 4.02. The van der Waals surface area contributed by atoms with E-state index in [2.05, 4.69) is 157 Å². The van der Waals surface area contributed by atoms with Crippen molar-refractivity contribution >= 4 is 0 Å². The van der Waals surface area contributed by atoms with Crippen LogP contribution in [-0.4, -0.2) is 34.7 Å². The van der Waals surface area contributed by atoms with Gasteiger partial charge in [0, 0.05) is 46.6 Å². The van der Waals surface area contributed by atoms with Gasteiger partial charge in [-0.25, -0.2) is 0 Å². The van der Waals surface area contributed by atoms with Crippen molar-refractivity contribution in [3.05, 3.63) is 107 Å². The van der Waals surface area contributed by atoms with Gasteiger partial charge in [-0.15, -0.1) is 0 Å². The smallest absolute Gasteiger partial charge is 0.0153 e. The van der Waals surface area contributed by atoms with E-state index in [0.29, 0.717) is 47.7 Å². The summed E-state index contributed by atoms with van der Waals surface area (Å²) in [7, 11) is 0. The molecule has 0 saturated heterocycles. The number of rotatable bonds is 8. The Hall–Kier alpha value is -2.46. The molecule has 3 aliphatic rings. The van der Waals surface area contributed by atoms with Crippen LogP contribution >= 0.6 is 0 Å². The summed E-state index contributed by atoms with van der Waals surface area (Å²) in [4.78, 5) is 0. The molecule has 6 rings (SSSR count). The third-order valence-electron chi connectivity index (χ3n) is 10.6. The van der Waals surface area contributed by atoms with Crippen molar-refractivity contribution < 1.29 is 0 Å². The number of hydrogen-bond donors (Lipinski definition) is 3. The van der Waals surface area contributed by atoms with E-state index in [0.717, 1.165) is 0 Å². The summed E-state index contributed by atoms with van der Waals surface area (Å²) in [6.07, 6.45) is 4.94. The van der Waals surface area contributed by atoms with Gasteiger partial charge in [0.15, 0.2) is 0 Å². The fourth-order valence-electron chi connectivity index (χ4n) is 8.65. The highest BCUT2D eigenvalue weighted by molar-refractivity contribution is 5.43. The molecule has 3 nitrogen and oxygen atoms in total. The molecule has 0 bridgehead atoms. The topological polar surface area (TPSA) is 36.1 Å². The van der Waals surface area contributed by atoms with E-state index < -0.39 is 0 Å². The minimum atomic E-state index is 0.0867. The predicted octanol–water partition coefficient (Wildman–Crippen LogP) is 9.38. The predicted molar refractivity (Wildman–Crippen MR) is 192 cm³/mol. The quantitative estimate of drug-likeness (QED) is 0.239. The summed E-state index contributed by atoms with van der Waals surface area (Å²) >= 11 is 0. The third-order valence-corrected chi connectivity index (χ3v) is 10.6. The van der Waals surface area contributed by atoms with Gasteiger partial charge < -0.3 is 16.0 Å². The molecule has 8 atom stereocenters. The van der Waals surface area contributed by atoms with Gasteiger partial charge in [-0.2, -0.15) is 0 Å². The Morgan fingerprint density at radius 2 is 0.822 bits per heavy atom. The summed E-state index contributed by atoms with van der Waals surface area (Å²) in [5.74, 6) is 2.67. The van der Waals surface area contributed by atoms with Crippen molar-refractivity contribution in [3.8, 4) is 0 Å². The molecule has 0 aliphatic heterocycles. The molecule has 3 unspecified atom stereocenters. The molecular weight excluding hydrogens is 546 g/mol. The van der Waals surface area contributed by atoms with Gasteiger partial charge in [0.25, 0.3) is 0 Å². The van der Waals surface area contributed by atoms with Crippen LogP contribution in [-0.2, 0) is 0 Å². The average molecular weight is 606 g/mol. The summed E-state index contributed by atoms with van der Waals surface area (Å²) in [6, 6.07) is 32.2. The van der Waals surface area contributed by atoms with Crippen LogP contribution in [0.25, 0.3) is 0 Å². The van der Waals surface area contributed by atoms with Gasteiger partial charge in [0.1, 0.15) is 0 Å². The average Bonchev–Trinajstić information content (AvgIpc) is 2.90. The van der Waals surface area contributed by atoms with Crippen molar-refractivity contribution in [2.45, 2.75) is 152 Å². The standard InChI is InChI=1S/C42H59N3/c1-40(2,3)43-35-22-21-32(35)28-17-13-18-29(23-28)34-26-37(45-42(7,8)9)39(34)31-20-14-19-30(24-31)33-25-36(44-41(4,5)6)38(33)27-15-11-10-12-16-27/h10-20,23-24,32-39,43-45H,21-22,25-26H2,1-9H3/t32?,33?,34?,35-,36-,37-,38-,39+/m1/s1. The van der Waals surface area contributed by atoms with Crippen LogP contribution in [0.1, 0.15) is 145 Å². The van der Waals surface area contributed by atoms with E-state index in [4.69, 9.17) is 0 Å². The second-order valence-electron chi connectivity index (χ2n) is 17.7. The lowest BCUT2D eigenvalue weighted by molar-refractivity contribution is 0.190. The van der Waals surface area contributed by atoms with Crippen LogP contribution in [0.3, 0.4) is 0 Å². The lowest BCUT2D eigenvalue weighted by Crippen LogP contribution is -2.54. The number of nitrogens with one attached hydrogen (secondary N) is 3. The van der Waals surface area contributed by atoms with Crippen LogP contribution in [0, 0.1) is 0 Å². The molecule has 0 spiro atoms. The van der Waals surface area contributed by atoms with Crippen LogP contribution in [0.2, 0.25) is 0 Å². The van der Waals surface area contributed by atoms with E-state index in [1.807, 2.05) is 0 Å². The first kappa shape index (κ1) is 32.5. The van der Waals surface area contributed by atoms with Gasteiger partial charge in [0.05, 0.1) is 0 Å². The Morgan fingerprint density at radius 1 is 0.422 bits per heavy atom. The van der Waals surface area contributed by atoms with Crippen LogP contribution < -0.4 is 16.0 Å². The number of benzene rings is 3. The highest BCUT2D eigenvalue weighted by Gasteiger charge is 2.47. The zero-order chi connectivity index (χ0) is 32.1. The van der Waals surface area contributed by atoms with E-state index >= 15 is 0 Å². The van der Waals surface area contributed by atoms with Gasteiger partial charge in [-0.05, 0) is 134 Å². The van der Waals surface area contributed by atoms with Gasteiger partial charge >= 0.3 is 0 Å². The maximum absolute atomic E-state index is 4.02. The molecule has 0 amide bonds. The first-order chi connectivity index (χ1) is 21.2. The normalized spacial score (nSPS) is 30.2. The Bertz CT molecular complexity index is 1440. The Morgan fingerprint density at radius 3 is 1.29 bits per heavy atom. The Labute approximate surface area is 274 Å². The summed E-state index contributed by atoms with van der Waals surface area (Å²) in [5.41, 5.74) is 7.87. The molecule has 3 aliphatic carbocycles. The molecule has 0 radical (unpaired) electrons. The van der Waals surface area contributed by atoms with E-state index in [1.54, 1.807) is 0 Å². The van der Waals surface area contributed by atoms with Crippen molar-refractivity contribution in [2.24, 2.45) is 0 Å². The molecule has 242 valence electrons. The Kier molecular flexibility index (Phi) is 8.87. The summed E-state index contributed by atoms with van der Waals surface area (Å²) in [5, 5.41) is 11.9. The zero-order valence-electron chi connectivity index (χ0n) is 29.5. The largest absolute Gasteiger partial charge is 0.309 e. The molecule has 3 aromatic rings. The minimum Gasteiger partial charge on any atom is -0.309 e. The van der Waals surface area contributed by atoms with E-state index in [-0.39, 0.29) is 16.6 Å². The molecule has 0 aromatic heterocycles. The molecule has 3 heteroatoms. The molecule has 0 heterocycles. The molecule has 45 heavy (non-hydrogen) atoms. The monoisotopic (exact) mass is 605 g/mol. The van der Waals surface area contributed by atoms with Crippen LogP contribution in [0.4, 0.5) is 0 Å². The van der Waals surface area contributed by atoms with Crippen molar-refractivity contribution in [1.29, 1.82) is 0 Å². The van der Waals surface area contributed by atoms with Gasteiger partial charge in [-0.3, -0.25) is 0 Å². The summed E-state index contributed by atoms with van der Waals surface area (Å²) < 4.78 is 0. The molecule has 3 fully saturated rings. The fraction of sp³-hybridized carbons (Fsp3) is 0.571. The van der Waals surface area contributed by atoms with Crippen LogP contribution in [0.5, 0.6) is 0 Å². The zero-order valence-corrected chi connectivity index (χ0v) is 29.5. The lowest BCUT2D eigenvalue weighted by Gasteiger charge is -2.50. The second-order valence-corrected chi connectivity index (χ2v) is 17.7.